The van der Waals surface area contributed by atoms with Crippen molar-refractivity contribution in [3.8, 4) is 5.95 Å². The van der Waals surface area contributed by atoms with E-state index in [2.05, 4.69) is 46.3 Å². The predicted molar refractivity (Wildman–Crippen MR) is 95.2 cm³/mol. The van der Waals surface area contributed by atoms with Crippen molar-refractivity contribution in [2.24, 2.45) is 0 Å². The molecule has 1 atom stereocenters. The van der Waals surface area contributed by atoms with Gasteiger partial charge < -0.3 is 0 Å². The van der Waals surface area contributed by atoms with Crippen molar-refractivity contribution in [1.29, 1.82) is 0 Å². The van der Waals surface area contributed by atoms with Crippen LogP contribution in [0.15, 0.2) is 36.5 Å². The van der Waals surface area contributed by atoms with E-state index in [0.29, 0.717) is 17.9 Å². The number of hydrogen-bond acceptors (Lipinski definition) is 4. The van der Waals surface area contributed by atoms with Crippen LogP contribution in [0.3, 0.4) is 0 Å². The number of aromatic nitrogens is 4. The summed E-state index contributed by atoms with van der Waals surface area (Å²) < 4.78 is 1.73. The third kappa shape index (κ3) is 2.86. The van der Waals surface area contributed by atoms with Gasteiger partial charge in [-0.1, -0.05) is 29.8 Å². The molecule has 4 rings (SSSR count). The van der Waals surface area contributed by atoms with E-state index in [1.165, 1.54) is 11.1 Å². The lowest BCUT2D eigenvalue weighted by molar-refractivity contribution is 0.0963. The molecule has 126 valence electrons. The topological polar surface area (TPSA) is 60.7 Å². The normalized spacial score (nSPS) is 16.8. The molecule has 1 aromatic carbocycles. The zero-order valence-corrected chi connectivity index (χ0v) is 14.7. The molecule has 0 amide bonds. The van der Waals surface area contributed by atoms with E-state index in [-0.39, 0.29) is 11.7 Å². The smallest absolute Gasteiger partial charge is 0.251 e. The predicted octanol–water partition coefficient (Wildman–Crippen LogP) is 3.50. The van der Waals surface area contributed by atoms with Gasteiger partial charge in [-0.25, -0.2) is 14.6 Å². The average molecular weight is 332 g/mol. The highest BCUT2D eigenvalue weighted by Gasteiger charge is 2.30. The molecule has 0 saturated carbocycles. The summed E-state index contributed by atoms with van der Waals surface area (Å²) in [7, 11) is 0. The molecule has 0 spiro atoms. The monoisotopic (exact) mass is 332 g/mol. The van der Waals surface area contributed by atoms with Gasteiger partial charge in [-0.3, -0.25) is 4.79 Å². The van der Waals surface area contributed by atoms with Gasteiger partial charge in [-0.2, -0.15) is 5.10 Å². The largest absolute Gasteiger partial charge is 0.294 e. The Hall–Kier alpha value is -2.82. The number of rotatable bonds is 2. The number of ketones is 1. The van der Waals surface area contributed by atoms with Crippen LogP contribution in [0.2, 0.25) is 0 Å². The molecule has 0 N–H and O–H groups in total. The Labute approximate surface area is 146 Å². The van der Waals surface area contributed by atoms with Crippen LogP contribution in [0.25, 0.3) is 5.95 Å². The molecule has 5 heteroatoms. The van der Waals surface area contributed by atoms with Gasteiger partial charge in [0.1, 0.15) is 0 Å². The number of fused-ring (bicyclic) bond motifs is 1. The van der Waals surface area contributed by atoms with Gasteiger partial charge in [0.25, 0.3) is 5.95 Å². The second-order valence-electron chi connectivity index (χ2n) is 6.81. The van der Waals surface area contributed by atoms with Crippen molar-refractivity contribution in [2.75, 3.05) is 0 Å². The molecule has 25 heavy (non-hydrogen) atoms. The summed E-state index contributed by atoms with van der Waals surface area (Å²) in [6.07, 6.45) is 2.95. The quantitative estimate of drug-likeness (QED) is 0.720. The second-order valence-corrected chi connectivity index (χ2v) is 6.81. The van der Waals surface area contributed by atoms with Gasteiger partial charge in [0, 0.05) is 17.8 Å². The molecule has 0 unspecified atom stereocenters. The first-order valence-corrected chi connectivity index (χ1v) is 8.50. The highest BCUT2D eigenvalue weighted by molar-refractivity contribution is 5.98. The molecule has 0 fully saturated rings. The van der Waals surface area contributed by atoms with Crippen LogP contribution in [0.1, 0.15) is 50.9 Å². The molecule has 0 saturated heterocycles. The SMILES string of the molecule is Cc1cccc([C@@H]2CC(=O)c3cnn(-c4nc(C)cc(C)n4)c3C2)c1. The zero-order valence-electron chi connectivity index (χ0n) is 14.7. The van der Waals surface area contributed by atoms with E-state index < -0.39 is 0 Å². The Balaban J connectivity index is 1.77. The van der Waals surface area contributed by atoms with E-state index in [1.54, 1.807) is 10.9 Å². The van der Waals surface area contributed by atoms with Gasteiger partial charge in [0.15, 0.2) is 5.78 Å². The molecule has 2 heterocycles. The third-order valence-electron chi connectivity index (χ3n) is 4.71. The molecule has 1 aliphatic rings. The fourth-order valence-electron chi connectivity index (χ4n) is 3.58. The van der Waals surface area contributed by atoms with Gasteiger partial charge >= 0.3 is 0 Å². The first-order chi connectivity index (χ1) is 12.0. The van der Waals surface area contributed by atoms with E-state index in [9.17, 15) is 4.79 Å². The summed E-state index contributed by atoms with van der Waals surface area (Å²) in [5.41, 5.74) is 5.81. The van der Waals surface area contributed by atoms with E-state index >= 15 is 0 Å². The van der Waals surface area contributed by atoms with Crippen molar-refractivity contribution in [1.82, 2.24) is 19.7 Å². The van der Waals surface area contributed by atoms with Gasteiger partial charge in [-0.15, -0.1) is 0 Å². The maximum atomic E-state index is 12.6. The fraction of sp³-hybridized carbons (Fsp3) is 0.300. The van der Waals surface area contributed by atoms with E-state index in [4.69, 9.17) is 0 Å². The minimum Gasteiger partial charge on any atom is -0.294 e. The zero-order chi connectivity index (χ0) is 17.6. The second kappa shape index (κ2) is 5.92. The minimum absolute atomic E-state index is 0.142. The summed E-state index contributed by atoms with van der Waals surface area (Å²) in [5.74, 6) is 0.848. The molecular weight excluding hydrogens is 312 g/mol. The van der Waals surface area contributed by atoms with Crippen LogP contribution in [0.4, 0.5) is 0 Å². The van der Waals surface area contributed by atoms with Crippen LogP contribution >= 0.6 is 0 Å². The third-order valence-corrected chi connectivity index (χ3v) is 4.71. The van der Waals surface area contributed by atoms with Crippen LogP contribution in [0.5, 0.6) is 0 Å². The molecular formula is C20H20N4O. The molecule has 3 aromatic rings. The van der Waals surface area contributed by atoms with E-state index in [0.717, 1.165) is 23.5 Å². The first-order valence-electron chi connectivity index (χ1n) is 8.50. The molecule has 0 bridgehead atoms. The summed E-state index contributed by atoms with van der Waals surface area (Å²) in [6.45, 7) is 5.96. The number of aryl methyl sites for hydroxylation is 3. The van der Waals surface area contributed by atoms with Crippen LogP contribution in [-0.4, -0.2) is 25.5 Å². The van der Waals surface area contributed by atoms with Crippen LogP contribution < -0.4 is 0 Å². The molecule has 0 aliphatic heterocycles. The Morgan fingerprint density at radius 3 is 2.52 bits per heavy atom. The Kier molecular flexibility index (Phi) is 3.71. The first kappa shape index (κ1) is 15.7. The lowest BCUT2D eigenvalue weighted by Crippen LogP contribution is -2.21. The highest BCUT2D eigenvalue weighted by atomic mass is 16.1. The summed E-state index contributed by atoms with van der Waals surface area (Å²) in [6, 6.07) is 10.3. The molecule has 0 radical (unpaired) electrons. The number of Topliss-reactive ketones (excluding diaryl/α,β-unsaturated/α-hetero) is 1. The number of benzene rings is 1. The van der Waals surface area contributed by atoms with Crippen molar-refractivity contribution in [2.45, 2.75) is 39.5 Å². The van der Waals surface area contributed by atoms with Gasteiger partial charge in [-0.05, 0) is 44.7 Å². The van der Waals surface area contributed by atoms with Crippen molar-refractivity contribution >= 4 is 5.78 Å². The lowest BCUT2D eigenvalue weighted by atomic mass is 9.82. The van der Waals surface area contributed by atoms with Gasteiger partial charge in [0.2, 0.25) is 0 Å². The highest BCUT2D eigenvalue weighted by Crippen LogP contribution is 2.33. The van der Waals surface area contributed by atoms with Crippen LogP contribution in [0, 0.1) is 20.8 Å². The summed E-state index contributed by atoms with van der Waals surface area (Å²) >= 11 is 0. The number of hydrogen-bond donors (Lipinski definition) is 0. The lowest BCUT2D eigenvalue weighted by Gasteiger charge is -2.23. The average Bonchev–Trinajstić information content (AvgIpc) is 2.98. The number of carbonyl (C=O) groups is 1. The molecule has 5 nitrogen and oxygen atoms in total. The Bertz CT molecular complexity index is 953. The maximum Gasteiger partial charge on any atom is 0.251 e. The fourth-order valence-corrected chi connectivity index (χ4v) is 3.58. The van der Waals surface area contributed by atoms with Crippen molar-refractivity contribution in [3.05, 3.63) is 70.3 Å². The summed E-state index contributed by atoms with van der Waals surface area (Å²) in [4.78, 5) is 21.6. The minimum atomic E-state index is 0.142. The molecule has 1 aliphatic carbocycles. The number of nitrogens with zero attached hydrogens (tertiary/aromatic N) is 4. The van der Waals surface area contributed by atoms with E-state index in [1.807, 2.05) is 19.9 Å². The maximum absolute atomic E-state index is 12.6. The Morgan fingerprint density at radius 1 is 1.04 bits per heavy atom. The van der Waals surface area contributed by atoms with Crippen LogP contribution in [-0.2, 0) is 6.42 Å². The summed E-state index contributed by atoms with van der Waals surface area (Å²) in [5, 5.41) is 4.42. The standard InChI is InChI=1S/C20H20N4O/c1-12-5-4-6-15(7-12)16-9-18-17(19(25)10-16)11-21-24(18)20-22-13(2)8-14(3)23-20/h4-8,11,16H,9-10H2,1-3H3/t16-/m0/s1. The molecule has 2 aromatic heterocycles. The van der Waals surface area contributed by atoms with Gasteiger partial charge in [0.05, 0.1) is 17.5 Å². The Morgan fingerprint density at radius 2 is 1.80 bits per heavy atom. The van der Waals surface area contributed by atoms with Crippen molar-refractivity contribution in [3.63, 3.8) is 0 Å². The number of carbonyl (C=O) groups excluding carboxylic acids is 1. The van der Waals surface area contributed by atoms with Crippen molar-refractivity contribution < 1.29 is 4.79 Å².